The fraction of sp³-hybridized carbons (Fsp3) is 0.333. The van der Waals surface area contributed by atoms with Gasteiger partial charge in [0.15, 0.2) is 0 Å². The topological polar surface area (TPSA) is 86.8 Å². The zero-order valence-electron chi connectivity index (χ0n) is 21.9. The normalized spacial score (nSPS) is 14.6. The maximum atomic E-state index is 13.9. The molecule has 1 aliphatic carbocycles. The molecule has 0 spiro atoms. The molecule has 0 heterocycles. The number of carbonyl (C=O) groups excluding carboxylic acids is 2. The van der Waals surface area contributed by atoms with Gasteiger partial charge in [0, 0.05) is 12.6 Å². The van der Waals surface area contributed by atoms with Gasteiger partial charge in [0.1, 0.15) is 12.6 Å². The summed E-state index contributed by atoms with van der Waals surface area (Å²) >= 11 is 0. The highest BCUT2D eigenvalue weighted by Crippen LogP contribution is 2.25. The van der Waals surface area contributed by atoms with Gasteiger partial charge in [0.25, 0.3) is 10.0 Å². The molecule has 1 aliphatic rings. The summed E-state index contributed by atoms with van der Waals surface area (Å²) in [5, 5.41) is 3.08. The Morgan fingerprint density at radius 2 is 1.47 bits per heavy atom. The average molecular weight is 534 g/mol. The summed E-state index contributed by atoms with van der Waals surface area (Å²) < 4.78 is 28.7. The Morgan fingerprint density at radius 1 is 0.895 bits per heavy atom. The lowest BCUT2D eigenvalue weighted by Crippen LogP contribution is -2.52. The number of nitrogens with one attached hydrogen (secondary N) is 1. The first-order chi connectivity index (χ1) is 18.3. The first-order valence-corrected chi connectivity index (χ1v) is 14.5. The molecule has 1 saturated carbocycles. The summed E-state index contributed by atoms with van der Waals surface area (Å²) in [4.78, 5) is 28.7. The predicted molar refractivity (Wildman–Crippen MR) is 149 cm³/mol. The number of hydrogen-bond donors (Lipinski definition) is 1. The molecule has 2 amide bonds. The van der Waals surface area contributed by atoms with Gasteiger partial charge in [-0.2, -0.15) is 0 Å². The molecule has 0 saturated heterocycles. The van der Waals surface area contributed by atoms with E-state index in [1.165, 1.54) is 4.90 Å². The summed E-state index contributed by atoms with van der Waals surface area (Å²) in [5.74, 6) is -0.684. The van der Waals surface area contributed by atoms with Gasteiger partial charge in [-0.1, -0.05) is 79.1 Å². The van der Waals surface area contributed by atoms with Crippen LogP contribution in [0.3, 0.4) is 0 Å². The lowest BCUT2D eigenvalue weighted by molar-refractivity contribution is -0.139. The molecule has 0 aromatic heterocycles. The highest BCUT2D eigenvalue weighted by molar-refractivity contribution is 7.92. The van der Waals surface area contributed by atoms with Gasteiger partial charge in [-0.3, -0.25) is 13.9 Å². The molecule has 3 aromatic rings. The summed E-state index contributed by atoms with van der Waals surface area (Å²) in [6.45, 7) is 3.33. The van der Waals surface area contributed by atoms with E-state index in [2.05, 4.69) is 5.32 Å². The van der Waals surface area contributed by atoms with Crippen LogP contribution < -0.4 is 9.62 Å². The molecule has 8 heteroatoms. The largest absolute Gasteiger partial charge is 0.352 e. The SMILES string of the molecule is Cc1ccc(S(=O)(=O)N(CC(=O)N(Cc2ccccc2)[C@@H](C)C(=O)NC2CCCC2)c2ccccc2)cc1. The maximum Gasteiger partial charge on any atom is 0.264 e. The van der Waals surface area contributed by atoms with E-state index in [0.29, 0.717) is 5.69 Å². The number of benzene rings is 3. The van der Waals surface area contributed by atoms with Crippen LogP contribution in [-0.4, -0.2) is 43.8 Å². The molecule has 1 fully saturated rings. The number of hydrogen-bond acceptors (Lipinski definition) is 4. The molecule has 0 bridgehead atoms. The summed E-state index contributed by atoms with van der Waals surface area (Å²) in [6, 6.07) is 23.9. The van der Waals surface area contributed by atoms with Gasteiger partial charge in [0.05, 0.1) is 10.6 Å². The summed E-state index contributed by atoms with van der Waals surface area (Å²) in [5.41, 5.74) is 2.17. The highest BCUT2D eigenvalue weighted by Gasteiger charge is 2.33. The van der Waals surface area contributed by atoms with E-state index in [9.17, 15) is 18.0 Å². The van der Waals surface area contributed by atoms with E-state index in [-0.39, 0.29) is 23.4 Å². The summed E-state index contributed by atoms with van der Waals surface area (Å²) in [7, 11) is -4.05. The van der Waals surface area contributed by atoms with Crippen molar-refractivity contribution < 1.29 is 18.0 Å². The molecule has 0 radical (unpaired) electrons. The van der Waals surface area contributed by atoms with E-state index >= 15 is 0 Å². The van der Waals surface area contributed by atoms with Crippen molar-refractivity contribution in [3.05, 3.63) is 96.1 Å². The van der Waals surface area contributed by atoms with Gasteiger partial charge >= 0.3 is 0 Å². The van der Waals surface area contributed by atoms with Crippen LogP contribution in [0, 0.1) is 6.92 Å². The second-order valence-electron chi connectivity index (χ2n) is 9.83. The van der Waals surface area contributed by atoms with Gasteiger partial charge in [-0.15, -0.1) is 0 Å². The third-order valence-corrected chi connectivity index (χ3v) is 8.78. The van der Waals surface area contributed by atoms with Crippen molar-refractivity contribution in [2.75, 3.05) is 10.8 Å². The number of carbonyl (C=O) groups is 2. The van der Waals surface area contributed by atoms with Crippen molar-refractivity contribution in [1.29, 1.82) is 0 Å². The molecule has 4 rings (SSSR count). The zero-order chi connectivity index (χ0) is 27.1. The van der Waals surface area contributed by atoms with E-state index < -0.39 is 28.5 Å². The first-order valence-electron chi connectivity index (χ1n) is 13.0. The Kier molecular flexibility index (Phi) is 8.84. The Morgan fingerprint density at radius 3 is 2.08 bits per heavy atom. The van der Waals surface area contributed by atoms with E-state index in [1.54, 1.807) is 61.5 Å². The monoisotopic (exact) mass is 533 g/mol. The second-order valence-corrected chi connectivity index (χ2v) is 11.7. The minimum atomic E-state index is -4.05. The fourth-order valence-corrected chi connectivity index (χ4v) is 6.13. The van der Waals surface area contributed by atoms with Gasteiger partial charge in [-0.05, 0) is 56.5 Å². The number of aryl methyl sites for hydroxylation is 1. The van der Waals surface area contributed by atoms with E-state index in [1.807, 2.05) is 37.3 Å². The number of amides is 2. The highest BCUT2D eigenvalue weighted by atomic mass is 32.2. The van der Waals surface area contributed by atoms with Crippen molar-refractivity contribution in [3.8, 4) is 0 Å². The standard InChI is InChI=1S/C30H35N3O4S/c1-23-17-19-28(20-18-23)38(36,37)33(27-15-7-4-8-16-27)22-29(34)32(21-25-11-5-3-6-12-25)24(2)30(35)31-26-13-9-10-14-26/h3-8,11-12,15-20,24,26H,9-10,13-14,21-22H2,1-2H3,(H,31,35)/t24-/m0/s1. The van der Waals surface area contributed by atoms with Gasteiger partial charge in [0.2, 0.25) is 11.8 Å². The molecule has 0 unspecified atom stereocenters. The van der Waals surface area contributed by atoms with Crippen LogP contribution in [-0.2, 0) is 26.2 Å². The molecule has 200 valence electrons. The molecule has 7 nitrogen and oxygen atoms in total. The van der Waals surface area contributed by atoms with E-state index in [0.717, 1.165) is 41.1 Å². The van der Waals surface area contributed by atoms with Crippen LogP contribution in [0.2, 0.25) is 0 Å². The Balaban J connectivity index is 1.65. The minimum Gasteiger partial charge on any atom is -0.352 e. The Bertz CT molecular complexity index is 1320. The minimum absolute atomic E-state index is 0.0985. The predicted octanol–water partition coefficient (Wildman–Crippen LogP) is 4.67. The Labute approximate surface area is 225 Å². The van der Waals surface area contributed by atoms with Crippen molar-refractivity contribution in [3.63, 3.8) is 0 Å². The van der Waals surface area contributed by atoms with Crippen molar-refractivity contribution in [2.45, 2.75) is 63.1 Å². The van der Waals surface area contributed by atoms with Crippen molar-refractivity contribution in [2.24, 2.45) is 0 Å². The van der Waals surface area contributed by atoms with Crippen molar-refractivity contribution >= 4 is 27.5 Å². The number of sulfonamides is 1. The average Bonchev–Trinajstić information content (AvgIpc) is 3.44. The number of para-hydroxylation sites is 1. The van der Waals surface area contributed by atoms with Crippen molar-refractivity contribution in [1.82, 2.24) is 10.2 Å². The van der Waals surface area contributed by atoms with Crippen LogP contribution in [0.25, 0.3) is 0 Å². The molecule has 3 aromatic carbocycles. The maximum absolute atomic E-state index is 13.9. The molecule has 38 heavy (non-hydrogen) atoms. The number of anilines is 1. The third kappa shape index (κ3) is 6.61. The first kappa shape index (κ1) is 27.4. The van der Waals surface area contributed by atoms with Gasteiger partial charge in [-0.25, -0.2) is 8.42 Å². The molecular weight excluding hydrogens is 498 g/mol. The van der Waals surface area contributed by atoms with Crippen LogP contribution >= 0.6 is 0 Å². The van der Waals surface area contributed by atoms with Crippen LogP contribution in [0.15, 0.2) is 89.8 Å². The zero-order valence-corrected chi connectivity index (χ0v) is 22.7. The van der Waals surface area contributed by atoms with Crippen LogP contribution in [0.4, 0.5) is 5.69 Å². The number of nitrogens with zero attached hydrogens (tertiary/aromatic N) is 2. The van der Waals surface area contributed by atoms with E-state index in [4.69, 9.17) is 0 Å². The molecule has 1 N–H and O–H groups in total. The quantitative estimate of drug-likeness (QED) is 0.411. The summed E-state index contributed by atoms with van der Waals surface area (Å²) in [6.07, 6.45) is 4.02. The van der Waals surface area contributed by atoms with Crippen LogP contribution in [0.5, 0.6) is 0 Å². The van der Waals surface area contributed by atoms with Gasteiger partial charge < -0.3 is 10.2 Å². The Hall–Kier alpha value is -3.65. The molecular formula is C30H35N3O4S. The van der Waals surface area contributed by atoms with Crippen LogP contribution in [0.1, 0.15) is 43.7 Å². The second kappa shape index (κ2) is 12.3. The lowest BCUT2D eigenvalue weighted by atomic mass is 10.1. The smallest absolute Gasteiger partial charge is 0.264 e. The number of rotatable bonds is 10. The third-order valence-electron chi connectivity index (χ3n) is 7.00. The molecule has 0 aliphatic heterocycles. The lowest BCUT2D eigenvalue weighted by Gasteiger charge is -2.32. The molecule has 1 atom stereocenters. The fourth-order valence-electron chi connectivity index (χ4n) is 4.72.